The zero-order chi connectivity index (χ0) is 14.8. The summed E-state index contributed by atoms with van der Waals surface area (Å²) in [6.07, 6.45) is 3.15. The monoisotopic (exact) mass is 317 g/mol. The van der Waals surface area contributed by atoms with Gasteiger partial charge >= 0.3 is 0 Å². The van der Waals surface area contributed by atoms with Gasteiger partial charge in [0.2, 0.25) is 0 Å². The molecule has 20 heavy (non-hydrogen) atoms. The molecule has 0 aromatic heterocycles. The Hall–Kier alpha value is -0.660. The van der Waals surface area contributed by atoms with Gasteiger partial charge < -0.3 is 5.73 Å². The van der Waals surface area contributed by atoms with Crippen molar-refractivity contribution in [1.29, 1.82) is 0 Å². The average molecular weight is 318 g/mol. The SMILES string of the molecule is Cc1c(CN)cc(Cl)cc1S(=O)(=O)NN1CCCCC1. The van der Waals surface area contributed by atoms with Crippen LogP contribution in [0.2, 0.25) is 5.02 Å². The molecule has 2 rings (SSSR count). The average Bonchev–Trinajstić information content (AvgIpc) is 2.41. The minimum atomic E-state index is -3.61. The maximum atomic E-state index is 12.5. The molecule has 5 nitrogen and oxygen atoms in total. The van der Waals surface area contributed by atoms with Crippen molar-refractivity contribution in [3.05, 3.63) is 28.3 Å². The van der Waals surface area contributed by atoms with Crippen LogP contribution < -0.4 is 10.6 Å². The Kier molecular flexibility index (Phi) is 5.04. The molecular weight excluding hydrogens is 298 g/mol. The van der Waals surface area contributed by atoms with Crippen LogP contribution in [0.15, 0.2) is 17.0 Å². The summed E-state index contributed by atoms with van der Waals surface area (Å²) in [6, 6.07) is 3.18. The third-order valence-electron chi connectivity index (χ3n) is 3.55. The van der Waals surface area contributed by atoms with Gasteiger partial charge in [-0.2, -0.15) is 0 Å². The van der Waals surface area contributed by atoms with Gasteiger partial charge in [0, 0.05) is 24.7 Å². The number of halogens is 1. The predicted octanol–water partition coefficient (Wildman–Crippen LogP) is 1.79. The van der Waals surface area contributed by atoms with Crippen LogP contribution >= 0.6 is 11.6 Å². The maximum absolute atomic E-state index is 12.5. The number of rotatable bonds is 4. The van der Waals surface area contributed by atoms with Crippen LogP contribution in [-0.2, 0) is 16.6 Å². The number of sulfonamides is 1. The normalized spacial score (nSPS) is 17.4. The molecule has 3 N–H and O–H groups in total. The first-order valence-corrected chi connectivity index (χ1v) is 8.56. The molecule has 1 aromatic rings. The number of piperidine rings is 1. The number of hydrazine groups is 1. The Morgan fingerprint density at radius 1 is 1.30 bits per heavy atom. The number of hydrogen-bond donors (Lipinski definition) is 2. The van der Waals surface area contributed by atoms with Gasteiger partial charge in [0.1, 0.15) is 0 Å². The van der Waals surface area contributed by atoms with Crippen molar-refractivity contribution in [2.75, 3.05) is 13.1 Å². The first-order chi connectivity index (χ1) is 9.44. The van der Waals surface area contributed by atoms with E-state index in [1.165, 1.54) is 6.07 Å². The summed E-state index contributed by atoms with van der Waals surface area (Å²) in [5.74, 6) is 0. The van der Waals surface area contributed by atoms with Gasteiger partial charge in [0.15, 0.2) is 0 Å². The van der Waals surface area contributed by atoms with Gasteiger partial charge in [0.05, 0.1) is 4.90 Å². The Morgan fingerprint density at radius 3 is 2.55 bits per heavy atom. The Bertz CT molecular complexity index is 584. The number of nitrogens with zero attached hydrogens (tertiary/aromatic N) is 1. The summed E-state index contributed by atoms with van der Waals surface area (Å²) in [6.45, 7) is 3.49. The van der Waals surface area contributed by atoms with Crippen LogP contribution in [0.5, 0.6) is 0 Å². The molecule has 1 heterocycles. The van der Waals surface area contributed by atoms with E-state index in [0.29, 0.717) is 10.6 Å². The Morgan fingerprint density at radius 2 is 1.95 bits per heavy atom. The smallest absolute Gasteiger partial charge is 0.253 e. The molecule has 1 saturated heterocycles. The van der Waals surface area contributed by atoms with Crippen LogP contribution in [0.25, 0.3) is 0 Å². The van der Waals surface area contributed by atoms with Crippen molar-refractivity contribution in [3.8, 4) is 0 Å². The molecule has 112 valence electrons. The number of hydrogen-bond acceptors (Lipinski definition) is 4. The molecule has 0 amide bonds. The molecule has 1 aromatic carbocycles. The van der Waals surface area contributed by atoms with E-state index in [1.807, 2.05) is 0 Å². The van der Waals surface area contributed by atoms with Gasteiger partial charge in [-0.3, -0.25) is 0 Å². The van der Waals surface area contributed by atoms with E-state index in [1.54, 1.807) is 18.0 Å². The fourth-order valence-corrected chi connectivity index (χ4v) is 4.15. The Labute approximate surface area is 125 Å². The van der Waals surface area contributed by atoms with Crippen molar-refractivity contribution < 1.29 is 8.42 Å². The molecule has 1 fully saturated rings. The summed E-state index contributed by atoms with van der Waals surface area (Å²) in [4.78, 5) is 2.84. The molecule has 0 radical (unpaired) electrons. The summed E-state index contributed by atoms with van der Waals surface area (Å²) >= 11 is 5.99. The second-order valence-corrected chi connectivity index (χ2v) is 7.10. The largest absolute Gasteiger partial charge is 0.326 e. The second kappa shape index (κ2) is 6.41. The summed E-state index contributed by atoms with van der Waals surface area (Å²) in [7, 11) is -3.61. The zero-order valence-corrected chi connectivity index (χ0v) is 13.1. The van der Waals surface area contributed by atoms with Crippen LogP contribution in [0, 0.1) is 6.92 Å². The maximum Gasteiger partial charge on any atom is 0.253 e. The van der Waals surface area contributed by atoms with E-state index >= 15 is 0 Å². The first-order valence-electron chi connectivity index (χ1n) is 6.70. The number of nitrogens with one attached hydrogen (secondary N) is 1. The molecule has 1 aliphatic rings. The minimum Gasteiger partial charge on any atom is -0.326 e. The first kappa shape index (κ1) is 15.7. The molecular formula is C13H20ClN3O2S. The molecule has 0 spiro atoms. The quantitative estimate of drug-likeness (QED) is 0.887. The van der Waals surface area contributed by atoms with E-state index in [2.05, 4.69) is 4.83 Å². The van der Waals surface area contributed by atoms with E-state index in [-0.39, 0.29) is 11.4 Å². The highest BCUT2D eigenvalue weighted by Gasteiger charge is 2.23. The predicted molar refractivity (Wildman–Crippen MR) is 79.8 cm³/mol. The highest BCUT2D eigenvalue weighted by Crippen LogP contribution is 2.24. The third-order valence-corrected chi connectivity index (χ3v) is 5.27. The van der Waals surface area contributed by atoms with Gasteiger partial charge in [-0.1, -0.05) is 18.0 Å². The van der Waals surface area contributed by atoms with Crippen molar-refractivity contribution in [3.63, 3.8) is 0 Å². The summed E-state index contributed by atoms with van der Waals surface area (Å²) < 4.78 is 25.0. The Balaban J connectivity index is 2.31. The standard InChI is InChI=1S/C13H20ClN3O2S/c1-10-11(9-15)7-12(14)8-13(10)20(18,19)16-17-5-3-2-4-6-17/h7-8,16H,2-6,9,15H2,1H3. The molecule has 1 aliphatic heterocycles. The van der Waals surface area contributed by atoms with Crippen molar-refractivity contribution >= 4 is 21.6 Å². The van der Waals surface area contributed by atoms with Gasteiger partial charge in [-0.05, 0) is 43.0 Å². The number of nitrogens with two attached hydrogens (primary N) is 1. The highest BCUT2D eigenvalue weighted by molar-refractivity contribution is 7.89. The molecule has 0 aliphatic carbocycles. The van der Waals surface area contributed by atoms with Crippen molar-refractivity contribution in [2.24, 2.45) is 5.73 Å². The molecule has 0 bridgehead atoms. The van der Waals surface area contributed by atoms with E-state index in [4.69, 9.17) is 17.3 Å². The van der Waals surface area contributed by atoms with Crippen LogP contribution in [0.3, 0.4) is 0 Å². The van der Waals surface area contributed by atoms with E-state index in [9.17, 15) is 8.42 Å². The lowest BCUT2D eigenvalue weighted by Crippen LogP contribution is -2.45. The van der Waals surface area contributed by atoms with Gasteiger partial charge in [0.25, 0.3) is 10.0 Å². The summed E-state index contributed by atoms with van der Waals surface area (Å²) in [5.41, 5.74) is 7.03. The van der Waals surface area contributed by atoms with Crippen molar-refractivity contribution in [2.45, 2.75) is 37.6 Å². The highest BCUT2D eigenvalue weighted by atomic mass is 35.5. The van der Waals surface area contributed by atoms with Crippen LogP contribution in [0.4, 0.5) is 0 Å². The lowest BCUT2D eigenvalue weighted by atomic mass is 10.1. The molecule has 0 saturated carbocycles. The second-order valence-electron chi connectivity index (χ2n) is 5.03. The van der Waals surface area contributed by atoms with Crippen LogP contribution in [0.1, 0.15) is 30.4 Å². The third kappa shape index (κ3) is 3.51. The lowest BCUT2D eigenvalue weighted by molar-refractivity contribution is 0.200. The number of benzene rings is 1. The van der Waals surface area contributed by atoms with E-state index < -0.39 is 10.0 Å². The zero-order valence-electron chi connectivity index (χ0n) is 11.5. The van der Waals surface area contributed by atoms with Gasteiger partial charge in [-0.15, -0.1) is 4.83 Å². The minimum absolute atomic E-state index is 0.205. The molecule has 7 heteroatoms. The topological polar surface area (TPSA) is 75.4 Å². The summed E-state index contributed by atoms with van der Waals surface area (Å²) in [5, 5.41) is 2.14. The fourth-order valence-electron chi connectivity index (χ4n) is 2.40. The van der Waals surface area contributed by atoms with Crippen LogP contribution in [-0.4, -0.2) is 26.5 Å². The van der Waals surface area contributed by atoms with E-state index in [0.717, 1.165) is 37.9 Å². The molecule has 0 unspecified atom stereocenters. The van der Waals surface area contributed by atoms with Crippen molar-refractivity contribution in [1.82, 2.24) is 9.84 Å². The van der Waals surface area contributed by atoms with Gasteiger partial charge in [-0.25, -0.2) is 13.4 Å². The lowest BCUT2D eigenvalue weighted by Gasteiger charge is -2.27. The molecule has 0 atom stereocenters. The fraction of sp³-hybridized carbons (Fsp3) is 0.538.